The predicted molar refractivity (Wildman–Crippen MR) is 114 cm³/mol. The Bertz CT molecular complexity index is 1270. The van der Waals surface area contributed by atoms with Gasteiger partial charge in [-0.3, -0.25) is 9.52 Å². The second-order valence-electron chi connectivity index (χ2n) is 6.89. The van der Waals surface area contributed by atoms with Gasteiger partial charge in [-0.05, 0) is 18.2 Å². The number of fused-ring (bicyclic) bond motifs is 1. The fourth-order valence-corrected chi connectivity index (χ4v) is 3.56. The number of hydrogen-bond acceptors (Lipinski definition) is 8. The highest BCUT2D eigenvalue weighted by Crippen LogP contribution is 2.29. The molecule has 0 amide bonds. The van der Waals surface area contributed by atoms with Crippen LogP contribution in [0.3, 0.4) is 0 Å². The summed E-state index contributed by atoms with van der Waals surface area (Å²) in [7, 11) is -3.52. The second kappa shape index (κ2) is 8.19. The highest BCUT2D eigenvalue weighted by molar-refractivity contribution is 7.92. The van der Waals surface area contributed by atoms with E-state index in [1.54, 1.807) is 42.5 Å². The number of carbonyl (C=O) groups excluding carboxylic acids is 1. The Hall–Kier alpha value is -3.73. The van der Waals surface area contributed by atoms with E-state index in [1.165, 1.54) is 0 Å². The maximum Gasteiger partial charge on any atom is 0.229 e. The Kier molecular flexibility index (Phi) is 5.42. The minimum atomic E-state index is -3.52. The van der Waals surface area contributed by atoms with Crippen LogP contribution in [0.4, 0.5) is 33.2 Å². The first-order valence-corrected chi connectivity index (χ1v) is 11.1. The number of carbonyl (C=O) groups is 1. The number of ether oxygens (including phenoxy) is 1. The van der Waals surface area contributed by atoms with Gasteiger partial charge in [0, 0.05) is 23.7 Å². The molecule has 2 heterocycles. The number of benzene rings is 2. The number of nitrogens with one attached hydrogen (secondary N) is 3. The zero-order valence-electron chi connectivity index (χ0n) is 16.3. The molecule has 11 heteroatoms. The predicted octanol–water partition coefficient (Wildman–Crippen LogP) is 2.98. The van der Waals surface area contributed by atoms with Crippen molar-refractivity contribution >= 4 is 44.6 Å². The summed E-state index contributed by atoms with van der Waals surface area (Å²) >= 11 is 0. The summed E-state index contributed by atoms with van der Waals surface area (Å²) in [5, 5.41) is 5.76. The normalized spacial score (nSPS) is 13.2. The molecule has 0 saturated carbocycles. The molecule has 1 aromatic heterocycles. The molecule has 0 saturated heterocycles. The van der Waals surface area contributed by atoms with Crippen LogP contribution in [0.2, 0.25) is 0 Å². The highest BCUT2D eigenvalue weighted by atomic mass is 32.2. The molecule has 1 aliphatic heterocycles. The van der Waals surface area contributed by atoms with E-state index in [0.29, 0.717) is 23.5 Å². The van der Waals surface area contributed by atoms with Crippen molar-refractivity contribution in [2.45, 2.75) is 6.42 Å². The molecule has 9 nitrogen and oxygen atoms in total. The van der Waals surface area contributed by atoms with Gasteiger partial charge in [0.25, 0.3) is 0 Å². The van der Waals surface area contributed by atoms with Crippen molar-refractivity contribution in [2.75, 3.05) is 28.2 Å². The number of rotatable bonds is 6. The summed E-state index contributed by atoms with van der Waals surface area (Å²) in [5.74, 6) is -0.140. The zero-order valence-corrected chi connectivity index (χ0v) is 17.2. The van der Waals surface area contributed by atoms with E-state index in [1.807, 2.05) is 0 Å². The van der Waals surface area contributed by atoms with Crippen LogP contribution in [0.15, 0.2) is 48.7 Å². The van der Waals surface area contributed by atoms with Gasteiger partial charge < -0.3 is 15.4 Å². The van der Waals surface area contributed by atoms with Crippen molar-refractivity contribution in [3.05, 3.63) is 60.0 Å². The van der Waals surface area contributed by atoms with Crippen LogP contribution in [-0.2, 0) is 21.2 Å². The van der Waals surface area contributed by atoms with Crippen LogP contribution >= 0.6 is 0 Å². The molecule has 0 spiro atoms. The number of Topliss-reactive ketones (excluding diaryl/α,β-unsaturated/α-hetero) is 1. The van der Waals surface area contributed by atoms with Crippen LogP contribution in [-0.4, -0.2) is 37.0 Å². The molecule has 31 heavy (non-hydrogen) atoms. The molecule has 0 radical (unpaired) electrons. The maximum atomic E-state index is 14.3. The van der Waals surface area contributed by atoms with Gasteiger partial charge in [-0.1, -0.05) is 18.2 Å². The van der Waals surface area contributed by atoms with E-state index < -0.39 is 15.8 Å². The van der Waals surface area contributed by atoms with E-state index in [9.17, 15) is 17.6 Å². The molecule has 0 fully saturated rings. The van der Waals surface area contributed by atoms with Gasteiger partial charge in [-0.25, -0.2) is 17.8 Å². The Labute approximate surface area is 177 Å². The summed E-state index contributed by atoms with van der Waals surface area (Å²) in [5.41, 5.74) is 1.96. The number of hydrogen-bond donors (Lipinski definition) is 3. The number of sulfonamides is 1. The number of para-hydroxylation sites is 2. The third kappa shape index (κ3) is 5.07. The number of nitrogens with zero attached hydrogens (tertiary/aromatic N) is 2. The smallest absolute Gasteiger partial charge is 0.229 e. The minimum absolute atomic E-state index is 0.0106. The first kappa shape index (κ1) is 20.5. The molecular weight excluding hydrogens is 425 g/mol. The minimum Gasteiger partial charge on any atom is -0.485 e. The van der Waals surface area contributed by atoms with Crippen LogP contribution < -0.4 is 20.1 Å². The first-order chi connectivity index (χ1) is 14.8. The lowest BCUT2D eigenvalue weighted by molar-refractivity contribution is -0.121. The van der Waals surface area contributed by atoms with Gasteiger partial charge in [0.2, 0.25) is 16.0 Å². The second-order valence-corrected chi connectivity index (χ2v) is 8.64. The van der Waals surface area contributed by atoms with Gasteiger partial charge in [0.05, 0.1) is 23.8 Å². The average molecular weight is 443 g/mol. The van der Waals surface area contributed by atoms with E-state index in [4.69, 9.17) is 4.74 Å². The number of halogens is 1. The van der Waals surface area contributed by atoms with Gasteiger partial charge in [0.15, 0.2) is 17.4 Å². The van der Waals surface area contributed by atoms with Gasteiger partial charge in [0.1, 0.15) is 12.4 Å². The standard InChI is InChI=1S/C20H18FN5O4S/c1-31(28,29)26-17-5-3-2-4-16(17)24-19-15(21)10-22-20(25-19)23-13-7-6-12-8-14(27)11-30-18(12)9-13/h2-7,9-10,26H,8,11H2,1H3,(H2,22,23,24,25). The topological polar surface area (TPSA) is 122 Å². The van der Waals surface area contributed by atoms with Crippen LogP contribution in [0.5, 0.6) is 5.75 Å². The molecule has 2 aromatic carbocycles. The molecule has 0 bridgehead atoms. The molecule has 1 aliphatic rings. The van der Waals surface area contributed by atoms with E-state index >= 15 is 0 Å². The lowest BCUT2D eigenvalue weighted by Gasteiger charge is -2.17. The molecule has 0 aliphatic carbocycles. The van der Waals surface area contributed by atoms with Crippen molar-refractivity contribution < 1.29 is 22.3 Å². The molecule has 3 N–H and O–H groups in total. The lowest BCUT2D eigenvalue weighted by atomic mass is 10.1. The molecule has 0 atom stereocenters. The van der Waals surface area contributed by atoms with Crippen molar-refractivity contribution in [1.82, 2.24) is 9.97 Å². The Morgan fingerprint density at radius 3 is 2.65 bits per heavy atom. The number of anilines is 5. The van der Waals surface area contributed by atoms with Crippen molar-refractivity contribution in [3.63, 3.8) is 0 Å². The SMILES string of the molecule is CS(=O)(=O)Nc1ccccc1Nc1nc(Nc2ccc3c(c2)OCC(=O)C3)ncc1F. The van der Waals surface area contributed by atoms with Crippen molar-refractivity contribution in [2.24, 2.45) is 0 Å². The van der Waals surface area contributed by atoms with Gasteiger partial charge in [-0.2, -0.15) is 4.98 Å². The van der Waals surface area contributed by atoms with Crippen molar-refractivity contribution in [3.8, 4) is 5.75 Å². The van der Waals surface area contributed by atoms with Crippen LogP contribution in [0.25, 0.3) is 0 Å². The number of ketones is 1. The quantitative estimate of drug-likeness (QED) is 0.532. The zero-order chi connectivity index (χ0) is 22.0. The Balaban J connectivity index is 1.57. The van der Waals surface area contributed by atoms with Crippen LogP contribution in [0.1, 0.15) is 5.56 Å². The fraction of sp³-hybridized carbons (Fsp3) is 0.150. The molecule has 3 aromatic rings. The summed E-state index contributed by atoms with van der Waals surface area (Å²) in [4.78, 5) is 19.6. The summed E-state index contributed by atoms with van der Waals surface area (Å²) in [6.07, 6.45) is 2.34. The fourth-order valence-electron chi connectivity index (χ4n) is 2.99. The Morgan fingerprint density at radius 1 is 1.10 bits per heavy atom. The third-order valence-corrected chi connectivity index (χ3v) is 4.91. The summed E-state index contributed by atoms with van der Waals surface area (Å²) in [6.45, 7) is 0.0263. The maximum absolute atomic E-state index is 14.3. The molecule has 0 unspecified atom stereocenters. The molecule has 160 valence electrons. The molecule has 4 rings (SSSR count). The summed E-state index contributed by atoms with van der Waals surface area (Å²) in [6, 6.07) is 11.7. The van der Waals surface area contributed by atoms with Crippen molar-refractivity contribution in [1.29, 1.82) is 0 Å². The largest absolute Gasteiger partial charge is 0.485 e. The summed E-state index contributed by atoms with van der Waals surface area (Å²) < 4.78 is 45.3. The van der Waals surface area contributed by atoms with Gasteiger partial charge >= 0.3 is 0 Å². The molecular formula is C20H18FN5O4S. The average Bonchev–Trinajstić information content (AvgIpc) is 2.71. The van der Waals surface area contributed by atoms with Gasteiger partial charge in [-0.15, -0.1) is 0 Å². The number of aromatic nitrogens is 2. The monoisotopic (exact) mass is 443 g/mol. The van der Waals surface area contributed by atoms with Crippen LogP contribution in [0, 0.1) is 5.82 Å². The third-order valence-electron chi connectivity index (χ3n) is 4.32. The lowest BCUT2D eigenvalue weighted by Crippen LogP contribution is -2.20. The Morgan fingerprint density at radius 2 is 1.87 bits per heavy atom. The highest BCUT2D eigenvalue weighted by Gasteiger charge is 2.17. The van der Waals surface area contributed by atoms with E-state index in [-0.39, 0.29) is 29.8 Å². The van der Waals surface area contributed by atoms with E-state index in [0.717, 1.165) is 18.0 Å². The van der Waals surface area contributed by atoms with E-state index in [2.05, 4.69) is 25.3 Å². The first-order valence-electron chi connectivity index (χ1n) is 9.18.